The van der Waals surface area contributed by atoms with Gasteiger partial charge in [-0.1, -0.05) is 0 Å². The monoisotopic (exact) mass is 422 g/mol. The predicted octanol–water partition coefficient (Wildman–Crippen LogP) is 1.81. The summed E-state index contributed by atoms with van der Waals surface area (Å²) >= 11 is 4.93. The molecule has 1 N–H and O–H groups in total. The lowest BCUT2D eigenvalue weighted by molar-refractivity contribution is 0.105. The molecule has 0 spiro atoms. The number of amides is 2. The third-order valence-corrected chi connectivity index (χ3v) is 5.18. The number of nitrogens with one attached hydrogen (secondary N) is 1. The second-order valence-corrected chi connectivity index (χ2v) is 7.05. The Kier molecular flexibility index (Phi) is 6.97. The number of nitrogens with zero attached hydrogens (tertiary/aromatic N) is 3. The van der Waals surface area contributed by atoms with Crippen LogP contribution in [0.5, 0.6) is 0 Å². The van der Waals surface area contributed by atoms with Crippen molar-refractivity contribution in [2.75, 3.05) is 62.8 Å². The quantitative estimate of drug-likeness (QED) is 0.720. The van der Waals surface area contributed by atoms with Crippen LogP contribution >= 0.6 is 12.2 Å². The molecular weight excluding hydrogens is 396 g/mol. The van der Waals surface area contributed by atoms with Gasteiger partial charge in [-0.05, 0) is 43.4 Å². The van der Waals surface area contributed by atoms with Gasteiger partial charge in [-0.2, -0.15) is 0 Å². The van der Waals surface area contributed by atoms with Crippen molar-refractivity contribution in [1.82, 2.24) is 10.2 Å². The molecule has 2 fully saturated rings. The van der Waals surface area contributed by atoms with E-state index in [-0.39, 0.29) is 23.5 Å². The fourth-order valence-corrected chi connectivity index (χ4v) is 3.40. The molecule has 0 unspecified atom stereocenters. The zero-order valence-corrected chi connectivity index (χ0v) is 17.4. The number of ether oxygens (including phenoxy) is 3. The van der Waals surface area contributed by atoms with Crippen LogP contribution in [0, 0.1) is 0 Å². The van der Waals surface area contributed by atoms with Crippen molar-refractivity contribution in [2.24, 2.45) is 0 Å². The fraction of sp³-hybridized carbons (Fsp3) is 0.526. The van der Waals surface area contributed by atoms with E-state index in [9.17, 15) is 9.59 Å². The van der Waals surface area contributed by atoms with Crippen LogP contribution in [-0.2, 0) is 14.2 Å². The maximum Gasteiger partial charge on any atom is 0.414 e. The highest BCUT2D eigenvalue weighted by Crippen LogP contribution is 2.25. The number of carbonyl (C=O) groups excluding carboxylic acids is 2. The molecule has 2 aliphatic heterocycles. The molecule has 0 saturated carbocycles. The Balaban J connectivity index is 1.53. The highest BCUT2D eigenvalue weighted by atomic mass is 32.1. The summed E-state index contributed by atoms with van der Waals surface area (Å²) in [7, 11) is 1.49. The number of piperazine rings is 1. The lowest BCUT2D eigenvalue weighted by Crippen LogP contribution is -2.49. The Morgan fingerprint density at radius 2 is 1.86 bits per heavy atom. The average molecular weight is 423 g/mol. The van der Waals surface area contributed by atoms with E-state index in [1.807, 2.05) is 24.3 Å². The molecule has 1 atom stereocenters. The van der Waals surface area contributed by atoms with Crippen LogP contribution in [-0.4, -0.2) is 81.4 Å². The molecule has 3 rings (SSSR count). The van der Waals surface area contributed by atoms with E-state index in [4.69, 9.17) is 26.4 Å². The molecule has 1 aromatic carbocycles. The largest absolute Gasteiger partial charge is 0.474 e. The van der Waals surface area contributed by atoms with Crippen LogP contribution in [0.4, 0.5) is 21.0 Å². The molecule has 9 nitrogen and oxygen atoms in total. The molecule has 10 heteroatoms. The van der Waals surface area contributed by atoms with E-state index in [0.717, 1.165) is 24.5 Å². The summed E-state index contributed by atoms with van der Waals surface area (Å²) < 4.78 is 15.3. The summed E-state index contributed by atoms with van der Waals surface area (Å²) in [5, 5.41) is 3.17. The molecule has 0 aliphatic carbocycles. The van der Waals surface area contributed by atoms with Gasteiger partial charge in [0, 0.05) is 37.6 Å². The number of anilines is 2. The first-order chi connectivity index (χ1) is 14.0. The fourth-order valence-electron chi connectivity index (χ4n) is 3.31. The van der Waals surface area contributed by atoms with Gasteiger partial charge in [0.2, 0.25) is 0 Å². The van der Waals surface area contributed by atoms with Crippen molar-refractivity contribution in [3.8, 4) is 0 Å². The second-order valence-electron chi connectivity index (χ2n) is 6.68. The van der Waals surface area contributed by atoms with E-state index >= 15 is 0 Å². The smallest absolute Gasteiger partial charge is 0.414 e. The molecule has 2 heterocycles. The molecule has 2 saturated heterocycles. The lowest BCUT2D eigenvalue weighted by atomic mass is 10.2. The molecule has 158 valence electrons. The lowest BCUT2D eigenvalue weighted by Gasteiger charge is -2.35. The van der Waals surface area contributed by atoms with Crippen molar-refractivity contribution in [2.45, 2.75) is 13.0 Å². The zero-order valence-electron chi connectivity index (χ0n) is 16.6. The highest BCUT2D eigenvalue weighted by Gasteiger charge is 2.32. The van der Waals surface area contributed by atoms with Gasteiger partial charge in [-0.15, -0.1) is 0 Å². The summed E-state index contributed by atoms with van der Waals surface area (Å²) in [6.45, 7) is 5.74. The molecular formula is C19H26N4O5S. The number of thiocarbonyl (C=S) groups is 1. The maximum atomic E-state index is 12.2. The van der Waals surface area contributed by atoms with E-state index in [1.165, 1.54) is 7.11 Å². The summed E-state index contributed by atoms with van der Waals surface area (Å²) in [6.07, 6.45) is -0.937. The van der Waals surface area contributed by atoms with E-state index in [2.05, 4.69) is 10.2 Å². The van der Waals surface area contributed by atoms with Crippen molar-refractivity contribution in [3.63, 3.8) is 0 Å². The number of cyclic esters (lactones) is 1. The van der Waals surface area contributed by atoms with E-state index < -0.39 is 0 Å². The summed E-state index contributed by atoms with van der Waals surface area (Å²) in [5.41, 5.74) is 1.83. The Morgan fingerprint density at radius 3 is 2.48 bits per heavy atom. The van der Waals surface area contributed by atoms with Gasteiger partial charge in [0.25, 0.3) is 5.17 Å². The number of methoxy groups -OCH3 is 1. The molecule has 0 radical (unpaired) electrons. The minimum atomic E-state index is -0.379. The van der Waals surface area contributed by atoms with Crippen molar-refractivity contribution < 1.29 is 23.8 Å². The van der Waals surface area contributed by atoms with Crippen molar-refractivity contribution in [3.05, 3.63) is 24.3 Å². The normalized spacial score (nSPS) is 19.0. The van der Waals surface area contributed by atoms with E-state index in [0.29, 0.717) is 32.8 Å². The number of hydrogen-bond acceptors (Lipinski definition) is 7. The number of hydrogen-bond donors (Lipinski definition) is 1. The van der Waals surface area contributed by atoms with Gasteiger partial charge in [-0.25, -0.2) is 9.59 Å². The Labute approximate surface area is 175 Å². The third-order valence-electron chi connectivity index (χ3n) is 4.87. The van der Waals surface area contributed by atoms with E-state index in [1.54, 1.807) is 16.7 Å². The third kappa shape index (κ3) is 5.20. The molecule has 2 amide bonds. The van der Waals surface area contributed by atoms with Crippen LogP contribution in [0.2, 0.25) is 0 Å². The molecule has 0 aromatic heterocycles. The first kappa shape index (κ1) is 21.0. The Hall–Kier alpha value is -2.75. The topological polar surface area (TPSA) is 83.6 Å². The van der Waals surface area contributed by atoms with Gasteiger partial charge in [0.1, 0.15) is 6.10 Å². The first-order valence-corrected chi connectivity index (χ1v) is 9.99. The van der Waals surface area contributed by atoms with Gasteiger partial charge < -0.3 is 29.3 Å². The summed E-state index contributed by atoms with van der Waals surface area (Å²) in [5.74, 6) is 0. The number of benzene rings is 1. The standard InChI is InChI=1S/C19H26N4O5S/c1-3-27-18(24)22-10-8-21(9-11-22)14-4-6-15(7-5-14)23-13-16(28-19(23)25)12-20-17(29)26-2/h4-7,16H,3,8-13H2,1-2H3,(H,20,29)/t16-/m0/s1. The minimum Gasteiger partial charge on any atom is -0.474 e. The minimum absolute atomic E-state index is 0.259. The Morgan fingerprint density at radius 1 is 1.21 bits per heavy atom. The van der Waals surface area contributed by atoms with Crippen LogP contribution in [0.15, 0.2) is 24.3 Å². The molecule has 0 bridgehead atoms. The Bertz CT molecular complexity index is 737. The van der Waals surface area contributed by atoms with Gasteiger partial charge >= 0.3 is 12.2 Å². The van der Waals surface area contributed by atoms with Gasteiger partial charge in [0.05, 0.1) is 26.8 Å². The van der Waals surface area contributed by atoms with Crippen molar-refractivity contribution in [1.29, 1.82) is 0 Å². The average Bonchev–Trinajstić information content (AvgIpc) is 3.13. The van der Waals surface area contributed by atoms with Crippen LogP contribution < -0.4 is 15.1 Å². The maximum absolute atomic E-state index is 12.2. The second kappa shape index (κ2) is 9.64. The molecule has 2 aliphatic rings. The highest BCUT2D eigenvalue weighted by molar-refractivity contribution is 7.80. The van der Waals surface area contributed by atoms with Gasteiger partial charge in [-0.3, -0.25) is 4.90 Å². The summed E-state index contributed by atoms with van der Waals surface area (Å²) in [6, 6.07) is 7.77. The van der Waals surface area contributed by atoms with Crippen LogP contribution in [0.25, 0.3) is 0 Å². The molecule has 1 aromatic rings. The predicted molar refractivity (Wildman–Crippen MR) is 112 cm³/mol. The van der Waals surface area contributed by atoms with Crippen LogP contribution in [0.3, 0.4) is 0 Å². The zero-order chi connectivity index (χ0) is 20.8. The first-order valence-electron chi connectivity index (χ1n) is 9.58. The van der Waals surface area contributed by atoms with Crippen molar-refractivity contribution >= 4 is 41.0 Å². The summed E-state index contributed by atoms with van der Waals surface area (Å²) in [4.78, 5) is 29.5. The van der Waals surface area contributed by atoms with Crippen LogP contribution in [0.1, 0.15) is 6.92 Å². The molecule has 29 heavy (non-hydrogen) atoms. The number of carbonyl (C=O) groups is 2. The number of rotatable bonds is 5. The SMILES string of the molecule is CCOC(=O)N1CCN(c2ccc(N3C[C@H](CNC(=S)OC)OC3=O)cc2)CC1. The van der Waals surface area contributed by atoms with Gasteiger partial charge in [0.15, 0.2) is 0 Å².